The molecule has 0 bridgehead atoms. The lowest BCUT2D eigenvalue weighted by atomic mass is 10.1. The third-order valence-corrected chi connectivity index (χ3v) is 3.90. The highest BCUT2D eigenvalue weighted by molar-refractivity contribution is 5.97. The molecule has 0 radical (unpaired) electrons. The van der Waals surface area contributed by atoms with Gasteiger partial charge in [-0.25, -0.2) is 18.6 Å². The molecule has 0 aliphatic heterocycles. The van der Waals surface area contributed by atoms with Crippen LogP contribution in [0.2, 0.25) is 0 Å². The largest absolute Gasteiger partial charge is 0.467 e. The number of ether oxygens (including phenoxy) is 1. The predicted octanol–water partition coefficient (Wildman–Crippen LogP) is 2.42. The van der Waals surface area contributed by atoms with E-state index in [-0.39, 0.29) is 6.42 Å². The quantitative estimate of drug-likeness (QED) is 0.697. The lowest BCUT2D eigenvalue weighted by Gasteiger charge is -2.16. The summed E-state index contributed by atoms with van der Waals surface area (Å²) in [6, 6.07) is 9.26. The summed E-state index contributed by atoms with van der Waals surface area (Å²) in [5.41, 5.74) is 1.24. The average Bonchev–Trinajstić information content (AvgIpc) is 2.68. The van der Waals surface area contributed by atoms with E-state index in [2.05, 4.69) is 15.3 Å². The minimum Gasteiger partial charge on any atom is -0.467 e. The second-order valence-electron chi connectivity index (χ2n) is 5.70. The molecule has 3 aromatic rings. The van der Waals surface area contributed by atoms with E-state index in [0.29, 0.717) is 16.7 Å². The van der Waals surface area contributed by atoms with E-state index >= 15 is 0 Å². The molecular weight excluding hydrogens is 356 g/mol. The molecule has 2 aromatic carbocycles. The zero-order valence-electron chi connectivity index (χ0n) is 14.3. The first-order valence-electron chi connectivity index (χ1n) is 8.03. The van der Waals surface area contributed by atoms with Crippen molar-refractivity contribution < 1.29 is 23.1 Å². The number of halogens is 2. The van der Waals surface area contributed by atoms with Crippen LogP contribution in [0.4, 0.5) is 8.78 Å². The standard InChI is InChI=1S/C19H15F2N3O3/c1-27-19(26)16(24-18(25)12-5-4-6-13(20)17(12)21)9-11-10-22-14-7-2-3-8-15(14)23-11/h2-8,10,16H,9H2,1H3,(H,24,25)/t16-/m1/s1. The van der Waals surface area contributed by atoms with Crippen LogP contribution >= 0.6 is 0 Å². The van der Waals surface area contributed by atoms with Crippen LogP contribution in [0, 0.1) is 11.6 Å². The highest BCUT2D eigenvalue weighted by Gasteiger charge is 2.25. The van der Waals surface area contributed by atoms with Crippen molar-refractivity contribution in [2.75, 3.05) is 7.11 Å². The van der Waals surface area contributed by atoms with E-state index in [1.165, 1.54) is 12.3 Å². The Kier molecular flexibility index (Phi) is 5.35. The number of hydrogen-bond acceptors (Lipinski definition) is 5. The number of nitrogens with zero attached hydrogens (tertiary/aromatic N) is 2. The van der Waals surface area contributed by atoms with E-state index in [1.807, 2.05) is 6.07 Å². The van der Waals surface area contributed by atoms with Crippen molar-refractivity contribution in [3.05, 3.63) is 71.6 Å². The Hall–Kier alpha value is -3.42. The van der Waals surface area contributed by atoms with E-state index < -0.39 is 35.1 Å². The van der Waals surface area contributed by atoms with E-state index in [9.17, 15) is 18.4 Å². The number of fused-ring (bicyclic) bond motifs is 1. The van der Waals surface area contributed by atoms with Crippen molar-refractivity contribution in [3.8, 4) is 0 Å². The zero-order valence-corrected chi connectivity index (χ0v) is 14.3. The first-order chi connectivity index (χ1) is 13.0. The number of amides is 1. The molecule has 0 spiro atoms. The maximum Gasteiger partial charge on any atom is 0.328 e. The molecule has 6 nitrogen and oxygen atoms in total. The van der Waals surface area contributed by atoms with Gasteiger partial charge < -0.3 is 10.1 Å². The van der Waals surface area contributed by atoms with Gasteiger partial charge in [0.05, 0.1) is 29.4 Å². The zero-order chi connectivity index (χ0) is 19.4. The smallest absolute Gasteiger partial charge is 0.328 e. The van der Waals surface area contributed by atoms with Gasteiger partial charge in [0.1, 0.15) is 6.04 Å². The van der Waals surface area contributed by atoms with Gasteiger partial charge in [-0.3, -0.25) is 9.78 Å². The first kappa shape index (κ1) is 18.4. The Morgan fingerprint density at radius 2 is 1.85 bits per heavy atom. The minimum absolute atomic E-state index is 0.0207. The van der Waals surface area contributed by atoms with Gasteiger partial charge in [0.2, 0.25) is 0 Å². The number of nitrogens with one attached hydrogen (secondary N) is 1. The van der Waals surface area contributed by atoms with Crippen LogP contribution in [0.1, 0.15) is 16.1 Å². The highest BCUT2D eigenvalue weighted by atomic mass is 19.2. The molecule has 138 valence electrons. The number of hydrogen-bond donors (Lipinski definition) is 1. The lowest BCUT2D eigenvalue weighted by molar-refractivity contribution is -0.142. The van der Waals surface area contributed by atoms with Gasteiger partial charge >= 0.3 is 5.97 Å². The minimum atomic E-state index is -1.29. The number of para-hydroxylation sites is 2. The summed E-state index contributed by atoms with van der Waals surface area (Å²) in [5.74, 6) is -4.12. The summed E-state index contributed by atoms with van der Waals surface area (Å²) in [6.07, 6.45) is 1.46. The molecule has 8 heteroatoms. The Balaban J connectivity index is 1.84. The van der Waals surface area contributed by atoms with Crippen molar-refractivity contribution in [2.24, 2.45) is 0 Å². The summed E-state index contributed by atoms with van der Waals surface area (Å²) >= 11 is 0. The van der Waals surface area contributed by atoms with E-state index in [0.717, 1.165) is 19.2 Å². The number of benzene rings is 2. The molecule has 1 atom stereocenters. The molecule has 3 rings (SSSR count). The molecule has 1 aromatic heterocycles. The molecule has 1 heterocycles. The van der Waals surface area contributed by atoms with Crippen LogP contribution in [-0.2, 0) is 16.0 Å². The number of rotatable bonds is 5. The molecule has 0 aliphatic carbocycles. The van der Waals surface area contributed by atoms with Crippen LogP contribution < -0.4 is 5.32 Å². The van der Waals surface area contributed by atoms with E-state index in [1.54, 1.807) is 18.2 Å². The highest BCUT2D eigenvalue weighted by Crippen LogP contribution is 2.13. The van der Waals surface area contributed by atoms with Crippen LogP contribution in [0.3, 0.4) is 0 Å². The molecule has 0 saturated heterocycles. The number of esters is 1. The lowest BCUT2D eigenvalue weighted by Crippen LogP contribution is -2.43. The normalized spacial score (nSPS) is 11.8. The maximum absolute atomic E-state index is 13.8. The number of carbonyl (C=O) groups excluding carboxylic acids is 2. The van der Waals surface area contributed by atoms with Crippen molar-refractivity contribution in [2.45, 2.75) is 12.5 Å². The van der Waals surface area contributed by atoms with E-state index in [4.69, 9.17) is 4.74 Å². The van der Waals surface area contributed by atoms with Crippen molar-refractivity contribution >= 4 is 22.9 Å². The fourth-order valence-corrected chi connectivity index (χ4v) is 2.55. The van der Waals surface area contributed by atoms with Crippen LogP contribution in [0.25, 0.3) is 11.0 Å². The molecule has 1 amide bonds. The molecule has 0 unspecified atom stereocenters. The molecule has 0 aliphatic rings. The topological polar surface area (TPSA) is 81.2 Å². The van der Waals surface area contributed by atoms with Gasteiger partial charge in [0.15, 0.2) is 11.6 Å². The predicted molar refractivity (Wildman–Crippen MR) is 92.9 cm³/mol. The van der Waals surface area contributed by atoms with Gasteiger partial charge in [-0.05, 0) is 24.3 Å². The second-order valence-corrected chi connectivity index (χ2v) is 5.70. The molecule has 0 fully saturated rings. The van der Waals surface area contributed by atoms with Gasteiger partial charge in [-0.1, -0.05) is 18.2 Å². The molecule has 1 N–H and O–H groups in total. The van der Waals surface area contributed by atoms with Gasteiger partial charge in [-0.2, -0.15) is 0 Å². The molecule has 0 saturated carbocycles. The summed E-state index contributed by atoms with van der Waals surface area (Å²) in [5, 5.41) is 2.36. The Bertz CT molecular complexity index is 1010. The van der Waals surface area contributed by atoms with Crippen LogP contribution in [0.5, 0.6) is 0 Å². The SMILES string of the molecule is COC(=O)[C@@H](Cc1cnc2ccccc2n1)NC(=O)c1cccc(F)c1F. The average molecular weight is 371 g/mol. The monoisotopic (exact) mass is 371 g/mol. The third kappa shape index (κ3) is 4.05. The Morgan fingerprint density at radius 3 is 2.59 bits per heavy atom. The summed E-state index contributed by atoms with van der Waals surface area (Å²) in [6.45, 7) is 0. The van der Waals surface area contributed by atoms with Crippen molar-refractivity contribution in [1.82, 2.24) is 15.3 Å². The van der Waals surface area contributed by atoms with Crippen LogP contribution in [0.15, 0.2) is 48.7 Å². The fourth-order valence-electron chi connectivity index (χ4n) is 2.55. The maximum atomic E-state index is 13.8. The molecular formula is C19H15F2N3O3. The first-order valence-corrected chi connectivity index (χ1v) is 8.03. The fraction of sp³-hybridized carbons (Fsp3) is 0.158. The number of aromatic nitrogens is 2. The molecule has 27 heavy (non-hydrogen) atoms. The van der Waals surface area contributed by atoms with Gasteiger partial charge in [-0.15, -0.1) is 0 Å². The van der Waals surface area contributed by atoms with Gasteiger partial charge in [0, 0.05) is 12.6 Å². The van der Waals surface area contributed by atoms with Crippen molar-refractivity contribution in [3.63, 3.8) is 0 Å². The number of methoxy groups -OCH3 is 1. The van der Waals surface area contributed by atoms with Crippen LogP contribution in [-0.4, -0.2) is 35.0 Å². The number of carbonyl (C=O) groups is 2. The summed E-state index contributed by atoms with van der Waals surface area (Å²) in [7, 11) is 1.16. The Morgan fingerprint density at radius 1 is 1.11 bits per heavy atom. The second kappa shape index (κ2) is 7.86. The summed E-state index contributed by atoms with van der Waals surface area (Å²) < 4.78 is 31.8. The van der Waals surface area contributed by atoms with Crippen molar-refractivity contribution in [1.29, 1.82) is 0 Å². The third-order valence-electron chi connectivity index (χ3n) is 3.90. The van der Waals surface area contributed by atoms with Gasteiger partial charge in [0.25, 0.3) is 5.91 Å². The summed E-state index contributed by atoms with van der Waals surface area (Å²) in [4.78, 5) is 33.0. The Labute approximate surface area is 153 Å².